The van der Waals surface area contributed by atoms with E-state index in [0.717, 1.165) is 0 Å². The van der Waals surface area contributed by atoms with Crippen molar-refractivity contribution in [1.29, 1.82) is 0 Å². The molecule has 0 radical (unpaired) electrons. The third kappa shape index (κ3) is 5.97. The molecule has 0 amide bonds. The van der Waals surface area contributed by atoms with Crippen LogP contribution in [-0.2, 0) is 22.1 Å². The predicted octanol–water partition coefficient (Wildman–Crippen LogP) is 6.79. The van der Waals surface area contributed by atoms with Crippen molar-refractivity contribution in [3.63, 3.8) is 0 Å². The Morgan fingerprint density at radius 2 is 1.84 bits per heavy atom. The van der Waals surface area contributed by atoms with Crippen LogP contribution in [-0.4, -0.2) is 38.2 Å². The smallest absolute Gasteiger partial charge is 0.481 e. The minimum Gasteiger partial charge on any atom is -0.481 e. The number of halogens is 5. The molecule has 6 rings (SSSR count). The number of nitrogens with zero attached hydrogens (tertiary/aromatic N) is 3. The molecule has 0 saturated heterocycles. The van der Waals surface area contributed by atoms with Crippen LogP contribution in [0.3, 0.4) is 0 Å². The SMILES string of the molecule is C[C@H](Oc1cc(-n2nc(C(F)(F)F)c3c2C(O[C@H]2CC[C@H](C(=O)O)CC2)CCC3)ccn1)c1ccc2c(c1)OC(F)(F)O2. The lowest BCUT2D eigenvalue weighted by molar-refractivity contribution is -0.286. The van der Waals surface area contributed by atoms with Gasteiger partial charge in [0.05, 0.1) is 23.4 Å². The summed E-state index contributed by atoms with van der Waals surface area (Å²) in [6, 6.07) is 7.18. The van der Waals surface area contributed by atoms with Gasteiger partial charge in [0.25, 0.3) is 0 Å². The van der Waals surface area contributed by atoms with Gasteiger partial charge in [-0.05, 0) is 75.6 Å². The molecule has 9 nitrogen and oxygen atoms in total. The number of hydrogen-bond acceptors (Lipinski definition) is 7. The van der Waals surface area contributed by atoms with Crippen LogP contribution in [0.25, 0.3) is 5.69 Å². The van der Waals surface area contributed by atoms with Crippen molar-refractivity contribution in [1.82, 2.24) is 14.8 Å². The minimum absolute atomic E-state index is 0.0751. The normalized spacial score (nSPS) is 23.4. The number of aromatic nitrogens is 3. The van der Waals surface area contributed by atoms with E-state index < -0.39 is 42.3 Å². The summed E-state index contributed by atoms with van der Waals surface area (Å²) in [5, 5.41) is 13.3. The number of carboxylic acids is 1. The van der Waals surface area contributed by atoms with Crippen molar-refractivity contribution >= 4 is 5.97 Å². The van der Waals surface area contributed by atoms with E-state index in [-0.39, 0.29) is 41.2 Å². The standard InChI is InChI=1S/C29H28F5N3O6/c1-15(17-7-10-21-23(13-17)43-29(33,34)42-21)40-24-14-18(11-12-35-24)37-25-20(26(36-37)28(30,31)32)3-2-4-22(25)41-19-8-5-16(6-9-19)27(38)39/h7,10-16,19,22H,2-6,8-9H2,1H3,(H,38,39)/t15-,16-,19-,22?/m0/s1. The van der Waals surface area contributed by atoms with Gasteiger partial charge in [-0.15, -0.1) is 8.78 Å². The Morgan fingerprint density at radius 1 is 1.09 bits per heavy atom. The van der Waals surface area contributed by atoms with Gasteiger partial charge in [-0.1, -0.05) is 6.07 Å². The number of pyridine rings is 1. The van der Waals surface area contributed by atoms with Gasteiger partial charge in [-0.2, -0.15) is 18.3 Å². The molecular weight excluding hydrogens is 581 g/mol. The van der Waals surface area contributed by atoms with Gasteiger partial charge in [-0.3, -0.25) is 4.79 Å². The Labute approximate surface area is 242 Å². The maximum Gasteiger partial charge on any atom is 0.586 e. The maximum absolute atomic E-state index is 14.1. The Morgan fingerprint density at radius 3 is 2.56 bits per heavy atom. The average molecular weight is 610 g/mol. The molecule has 0 bridgehead atoms. The van der Waals surface area contributed by atoms with E-state index in [0.29, 0.717) is 49.8 Å². The number of rotatable bonds is 7. The van der Waals surface area contributed by atoms with Crippen molar-refractivity contribution in [3.05, 3.63) is 59.0 Å². The highest BCUT2D eigenvalue weighted by atomic mass is 19.4. The van der Waals surface area contributed by atoms with E-state index in [4.69, 9.17) is 9.47 Å². The Balaban J connectivity index is 1.27. The zero-order valence-corrected chi connectivity index (χ0v) is 22.9. The van der Waals surface area contributed by atoms with E-state index >= 15 is 0 Å². The molecule has 14 heteroatoms. The van der Waals surface area contributed by atoms with Crippen LogP contribution in [0.15, 0.2) is 36.5 Å². The second kappa shape index (κ2) is 11.0. The molecule has 1 saturated carbocycles. The monoisotopic (exact) mass is 609 g/mol. The van der Waals surface area contributed by atoms with E-state index in [1.54, 1.807) is 6.92 Å². The largest absolute Gasteiger partial charge is 0.586 e. The highest BCUT2D eigenvalue weighted by molar-refractivity contribution is 5.70. The van der Waals surface area contributed by atoms with Crippen molar-refractivity contribution in [3.8, 4) is 23.1 Å². The van der Waals surface area contributed by atoms with E-state index in [9.17, 15) is 31.9 Å². The third-order valence-corrected chi connectivity index (χ3v) is 8.03. The molecule has 2 atom stereocenters. The van der Waals surface area contributed by atoms with Gasteiger partial charge in [0.1, 0.15) is 12.2 Å². The quantitative estimate of drug-likeness (QED) is 0.292. The maximum atomic E-state index is 14.1. The zero-order valence-electron chi connectivity index (χ0n) is 22.9. The molecule has 3 heterocycles. The lowest BCUT2D eigenvalue weighted by Gasteiger charge is -2.32. The summed E-state index contributed by atoms with van der Waals surface area (Å²) in [6.07, 6.45) is -5.64. The molecule has 3 aliphatic rings. The van der Waals surface area contributed by atoms with E-state index in [2.05, 4.69) is 19.6 Å². The Hall–Kier alpha value is -3.94. The number of alkyl halides is 5. The summed E-state index contributed by atoms with van der Waals surface area (Å²) in [4.78, 5) is 15.5. The highest BCUT2D eigenvalue weighted by Crippen LogP contribution is 2.44. The van der Waals surface area contributed by atoms with Crippen molar-refractivity contribution in [2.75, 3.05) is 0 Å². The van der Waals surface area contributed by atoms with Crippen LogP contribution in [0.2, 0.25) is 0 Å². The molecule has 1 fully saturated rings. The number of benzene rings is 1. The van der Waals surface area contributed by atoms with Crippen molar-refractivity contribution < 1.29 is 50.8 Å². The minimum atomic E-state index is -4.69. The number of carbonyl (C=O) groups is 1. The van der Waals surface area contributed by atoms with Crippen LogP contribution in [0.5, 0.6) is 17.4 Å². The molecule has 2 aromatic heterocycles. The first-order valence-corrected chi connectivity index (χ1v) is 14.0. The van der Waals surface area contributed by atoms with Crippen LogP contribution in [0.4, 0.5) is 22.0 Å². The molecular formula is C29H28F5N3O6. The molecule has 2 aliphatic carbocycles. The summed E-state index contributed by atoms with van der Waals surface area (Å²) >= 11 is 0. The molecule has 1 unspecified atom stereocenters. The van der Waals surface area contributed by atoms with Crippen LogP contribution < -0.4 is 14.2 Å². The number of aliphatic carboxylic acids is 1. The summed E-state index contributed by atoms with van der Waals surface area (Å²) in [5.74, 6) is -1.48. The van der Waals surface area contributed by atoms with Crippen molar-refractivity contribution in [2.24, 2.45) is 5.92 Å². The van der Waals surface area contributed by atoms with Gasteiger partial charge < -0.3 is 24.1 Å². The van der Waals surface area contributed by atoms with Gasteiger partial charge >= 0.3 is 18.4 Å². The zero-order chi connectivity index (χ0) is 30.5. The Kier molecular flexibility index (Phi) is 7.43. The highest BCUT2D eigenvalue weighted by Gasteiger charge is 2.44. The van der Waals surface area contributed by atoms with Gasteiger partial charge in [0, 0.05) is 17.8 Å². The first kappa shape index (κ1) is 29.1. The third-order valence-electron chi connectivity index (χ3n) is 8.03. The lowest BCUT2D eigenvalue weighted by Crippen LogP contribution is -2.29. The molecule has 1 N–H and O–H groups in total. The van der Waals surface area contributed by atoms with Crippen molar-refractivity contribution in [2.45, 2.75) is 82.7 Å². The van der Waals surface area contributed by atoms with Crippen LogP contribution >= 0.6 is 0 Å². The second-order valence-corrected chi connectivity index (χ2v) is 10.9. The lowest BCUT2D eigenvalue weighted by atomic mass is 9.87. The number of carboxylic acid groups (broad SMARTS) is 1. The number of ether oxygens (including phenoxy) is 4. The molecule has 0 spiro atoms. The summed E-state index contributed by atoms with van der Waals surface area (Å²) < 4.78 is 91.6. The fourth-order valence-electron chi connectivity index (χ4n) is 5.94. The molecule has 43 heavy (non-hydrogen) atoms. The second-order valence-electron chi connectivity index (χ2n) is 10.9. The molecule has 230 valence electrons. The summed E-state index contributed by atoms with van der Waals surface area (Å²) in [5.41, 5.74) is 0.164. The van der Waals surface area contributed by atoms with Crippen LogP contribution in [0.1, 0.15) is 80.2 Å². The molecule has 3 aromatic rings. The predicted molar refractivity (Wildman–Crippen MR) is 138 cm³/mol. The molecule has 1 aromatic carbocycles. The fourth-order valence-corrected chi connectivity index (χ4v) is 5.94. The van der Waals surface area contributed by atoms with Crippen LogP contribution in [0, 0.1) is 5.92 Å². The number of hydrogen-bond donors (Lipinski definition) is 1. The molecule has 1 aliphatic heterocycles. The van der Waals surface area contributed by atoms with Gasteiger partial charge in [-0.25, -0.2) is 9.67 Å². The number of fused-ring (bicyclic) bond motifs is 2. The van der Waals surface area contributed by atoms with Gasteiger partial charge in [0.15, 0.2) is 17.2 Å². The first-order valence-electron chi connectivity index (χ1n) is 14.0. The topological polar surface area (TPSA) is 105 Å². The van der Waals surface area contributed by atoms with Gasteiger partial charge in [0.2, 0.25) is 5.88 Å². The first-order chi connectivity index (χ1) is 20.4. The summed E-state index contributed by atoms with van der Waals surface area (Å²) in [7, 11) is 0. The van der Waals surface area contributed by atoms with E-state index in [1.165, 1.54) is 41.2 Å². The van der Waals surface area contributed by atoms with E-state index in [1.807, 2.05) is 0 Å². The summed E-state index contributed by atoms with van der Waals surface area (Å²) in [6.45, 7) is 1.66. The average Bonchev–Trinajstić information content (AvgIpc) is 3.50. The Bertz CT molecular complexity index is 1520. The fraction of sp³-hybridized carbons (Fsp3) is 0.483.